The molecular weight excluding hydrogens is 314 g/mol. The van der Waals surface area contributed by atoms with Gasteiger partial charge in [-0.1, -0.05) is 42.5 Å². The van der Waals surface area contributed by atoms with Crippen LogP contribution < -0.4 is 4.90 Å². The van der Waals surface area contributed by atoms with Crippen molar-refractivity contribution in [3.05, 3.63) is 60.2 Å². The van der Waals surface area contributed by atoms with Crippen LogP contribution in [0.2, 0.25) is 0 Å². The Labute approximate surface area is 146 Å². The lowest BCUT2D eigenvalue weighted by molar-refractivity contribution is -0.145. The van der Waals surface area contributed by atoms with Crippen LogP contribution in [0.25, 0.3) is 11.0 Å². The molecule has 25 heavy (non-hydrogen) atoms. The molecule has 5 heteroatoms. The lowest BCUT2D eigenvalue weighted by Crippen LogP contribution is -2.43. The quantitative estimate of drug-likeness (QED) is 0.746. The number of para-hydroxylation sites is 2. The minimum absolute atomic E-state index is 0.151. The summed E-state index contributed by atoms with van der Waals surface area (Å²) in [5.41, 5.74) is 3.19. The Balaban J connectivity index is 1.67. The van der Waals surface area contributed by atoms with Crippen molar-refractivity contribution in [1.29, 1.82) is 0 Å². The number of rotatable bonds is 3. The number of carbonyl (C=O) groups excluding carboxylic acids is 1. The zero-order chi connectivity index (χ0) is 17.2. The zero-order valence-electron chi connectivity index (χ0n) is 14.2. The summed E-state index contributed by atoms with van der Waals surface area (Å²) < 4.78 is 5.02. The molecular formula is C20H21N3O2. The average Bonchev–Trinajstić information content (AvgIpc) is 3.12. The molecule has 1 N–H and O–H groups in total. The molecule has 1 saturated heterocycles. The first-order chi connectivity index (χ1) is 12.2. The van der Waals surface area contributed by atoms with E-state index in [1.54, 1.807) is 0 Å². The van der Waals surface area contributed by atoms with E-state index >= 15 is 0 Å². The highest BCUT2D eigenvalue weighted by molar-refractivity contribution is 5.78. The summed E-state index contributed by atoms with van der Waals surface area (Å²) in [6, 6.07) is 18.3. The molecule has 1 aromatic heterocycles. The number of fused-ring (bicyclic) bond motifs is 1. The van der Waals surface area contributed by atoms with Gasteiger partial charge in [-0.15, -0.1) is 0 Å². The molecule has 2 atom stereocenters. The molecule has 0 bridgehead atoms. The van der Waals surface area contributed by atoms with E-state index in [4.69, 9.17) is 9.72 Å². The van der Waals surface area contributed by atoms with Crippen LogP contribution >= 0.6 is 0 Å². The van der Waals surface area contributed by atoms with E-state index in [1.807, 2.05) is 42.5 Å². The number of ether oxygens (including phenoxy) is 1. The van der Waals surface area contributed by atoms with Gasteiger partial charge in [-0.2, -0.15) is 0 Å². The number of aromatic nitrogens is 2. The van der Waals surface area contributed by atoms with Crippen LogP contribution in [0.15, 0.2) is 54.6 Å². The number of piperidine rings is 1. The van der Waals surface area contributed by atoms with E-state index in [2.05, 4.69) is 22.0 Å². The Kier molecular flexibility index (Phi) is 4.14. The molecule has 2 heterocycles. The number of nitrogens with one attached hydrogen (secondary N) is 1. The predicted octanol–water partition coefficient (Wildman–Crippen LogP) is 3.35. The molecule has 2 unspecified atom stereocenters. The molecule has 2 aromatic carbocycles. The molecule has 0 amide bonds. The fraction of sp³-hybridized carbons (Fsp3) is 0.300. The number of aromatic amines is 1. The number of esters is 1. The molecule has 1 fully saturated rings. The number of imidazole rings is 1. The second-order valence-electron chi connectivity index (χ2n) is 6.55. The van der Waals surface area contributed by atoms with Crippen LogP contribution in [-0.2, 0) is 9.53 Å². The summed E-state index contributed by atoms with van der Waals surface area (Å²) in [5.74, 6) is 0.780. The molecule has 0 spiro atoms. The average molecular weight is 335 g/mol. The van der Waals surface area contributed by atoms with E-state index in [0.717, 1.165) is 29.9 Å². The molecule has 3 aromatic rings. The SMILES string of the molecule is COC(=O)C1CC(c2ccccc2)CN(c2nc3ccccc3[nH]2)C1. The Bertz CT molecular complexity index is 842. The van der Waals surface area contributed by atoms with E-state index in [-0.39, 0.29) is 17.8 Å². The molecule has 0 saturated carbocycles. The summed E-state index contributed by atoms with van der Waals surface area (Å²) in [4.78, 5) is 22.5. The van der Waals surface area contributed by atoms with Crippen LogP contribution in [0.4, 0.5) is 5.95 Å². The normalized spacial score (nSPS) is 20.6. The van der Waals surface area contributed by atoms with Crippen LogP contribution in [0, 0.1) is 5.92 Å². The van der Waals surface area contributed by atoms with Crippen molar-refractivity contribution in [3.63, 3.8) is 0 Å². The maximum absolute atomic E-state index is 12.2. The monoisotopic (exact) mass is 335 g/mol. The number of anilines is 1. The first-order valence-corrected chi connectivity index (χ1v) is 8.57. The van der Waals surface area contributed by atoms with E-state index in [1.165, 1.54) is 12.7 Å². The lowest BCUT2D eigenvalue weighted by Gasteiger charge is -2.36. The highest BCUT2D eigenvalue weighted by Crippen LogP contribution is 2.33. The van der Waals surface area contributed by atoms with Gasteiger partial charge in [-0.25, -0.2) is 4.98 Å². The minimum Gasteiger partial charge on any atom is -0.469 e. The van der Waals surface area contributed by atoms with Crippen LogP contribution in [0.3, 0.4) is 0 Å². The van der Waals surface area contributed by atoms with Gasteiger partial charge in [-0.3, -0.25) is 4.79 Å². The van der Waals surface area contributed by atoms with E-state index in [9.17, 15) is 4.79 Å². The third-order valence-electron chi connectivity index (χ3n) is 4.93. The van der Waals surface area contributed by atoms with Gasteiger partial charge in [-0.05, 0) is 24.1 Å². The first-order valence-electron chi connectivity index (χ1n) is 8.57. The first kappa shape index (κ1) is 15.7. The Hall–Kier alpha value is -2.82. The molecule has 0 radical (unpaired) electrons. The molecule has 1 aliphatic rings. The van der Waals surface area contributed by atoms with Crippen LogP contribution in [-0.4, -0.2) is 36.1 Å². The van der Waals surface area contributed by atoms with Crippen molar-refractivity contribution in [2.45, 2.75) is 12.3 Å². The zero-order valence-corrected chi connectivity index (χ0v) is 14.2. The smallest absolute Gasteiger partial charge is 0.310 e. The molecule has 5 nitrogen and oxygen atoms in total. The number of benzene rings is 2. The highest BCUT2D eigenvalue weighted by atomic mass is 16.5. The van der Waals surface area contributed by atoms with Crippen LogP contribution in [0.5, 0.6) is 0 Å². The van der Waals surface area contributed by atoms with Crippen molar-refractivity contribution in [2.24, 2.45) is 5.92 Å². The van der Waals surface area contributed by atoms with Gasteiger partial charge in [0.1, 0.15) is 0 Å². The van der Waals surface area contributed by atoms with Gasteiger partial charge >= 0.3 is 5.97 Å². The third kappa shape index (κ3) is 3.09. The van der Waals surface area contributed by atoms with Gasteiger partial charge in [0, 0.05) is 19.0 Å². The van der Waals surface area contributed by atoms with Crippen LogP contribution in [0.1, 0.15) is 17.9 Å². The minimum atomic E-state index is -0.155. The maximum atomic E-state index is 12.2. The second-order valence-corrected chi connectivity index (χ2v) is 6.55. The fourth-order valence-corrected chi connectivity index (χ4v) is 3.67. The molecule has 0 aliphatic carbocycles. The highest BCUT2D eigenvalue weighted by Gasteiger charge is 2.34. The standard InChI is InChI=1S/C20H21N3O2/c1-25-19(24)16-11-15(14-7-3-2-4-8-14)12-23(13-16)20-21-17-9-5-6-10-18(17)22-20/h2-10,15-16H,11-13H2,1H3,(H,21,22). The summed E-state index contributed by atoms with van der Waals surface area (Å²) in [6.45, 7) is 1.45. The van der Waals surface area contributed by atoms with Gasteiger partial charge < -0.3 is 14.6 Å². The van der Waals surface area contributed by atoms with Crippen molar-refractivity contribution in [1.82, 2.24) is 9.97 Å². The van der Waals surface area contributed by atoms with Gasteiger partial charge in [0.25, 0.3) is 0 Å². The molecule has 4 rings (SSSR count). The predicted molar refractivity (Wildman–Crippen MR) is 97.6 cm³/mol. The van der Waals surface area contributed by atoms with Crippen molar-refractivity contribution >= 4 is 23.0 Å². The van der Waals surface area contributed by atoms with Gasteiger partial charge in [0.15, 0.2) is 0 Å². The van der Waals surface area contributed by atoms with Crippen molar-refractivity contribution < 1.29 is 9.53 Å². The number of H-pyrrole nitrogens is 1. The number of carbonyl (C=O) groups is 1. The summed E-state index contributed by atoms with van der Waals surface area (Å²) in [5, 5.41) is 0. The summed E-state index contributed by atoms with van der Waals surface area (Å²) >= 11 is 0. The second kappa shape index (κ2) is 6.59. The molecule has 128 valence electrons. The Morgan fingerprint density at radius 2 is 1.88 bits per heavy atom. The number of hydrogen-bond acceptors (Lipinski definition) is 4. The number of methoxy groups -OCH3 is 1. The topological polar surface area (TPSA) is 58.2 Å². The van der Waals surface area contributed by atoms with E-state index in [0.29, 0.717) is 6.54 Å². The largest absolute Gasteiger partial charge is 0.469 e. The Morgan fingerprint density at radius 3 is 2.64 bits per heavy atom. The third-order valence-corrected chi connectivity index (χ3v) is 4.93. The van der Waals surface area contributed by atoms with Crippen molar-refractivity contribution in [2.75, 3.05) is 25.1 Å². The summed E-state index contributed by atoms with van der Waals surface area (Å²) in [7, 11) is 1.46. The Morgan fingerprint density at radius 1 is 1.12 bits per heavy atom. The summed E-state index contributed by atoms with van der Waals surface area (Å²) in [6.07, 6.45) is 0.799. The van der Waals surface area contributed by atoms with Crippen molar-refractivity contribution in [3.8, 4) is 0 Å². The van der Waals surface area contributed by atoms with Gasteiger partial charge in [0.2, 0.25) is 5.95 Å². The number of nitrogens with zero attached hydrogens (tertiary/aromatic N) is 2. The lowest BCUT2D eigenvalue weighted by atomic mass is 9.84. The molecule has 1 aliphatic heterocycles. The fourth-order valence-electron chi connectivity index (χ4n) is 3.67. The van der Waals surface area contributed by atoms with Gasteiger partial charge in [0.05, 0.1) is 24.1 Å². The number of hydrogen-bond donors (Lipinski definition) is 1. The van der Waals surface area contributed by atoms with E-state index < -0.39 is 0 Å². The maximum Gasteiger partial charge on any atom is 0.310 e.